The average Bonchev–Trinajstić information content (AvgIpc) is 2.93. The molecule has 0 saturated heterocycles. The van der Waals surface area contributed by atoms with Crippen LogP contribution in [0.2, 0.25) is 0 Å². The lowest BCUT2D eigenvalue weighted by Gasteiger charge is -2.22. The molecule has 0 bridgehead atoms. The lowest BCUT2D eigenvalue weighted by molar-refractivity contribution is 0.0939. The molecule has 0 radical (unpaired) electrons. The molecule has 6 heteroatoms. The largest absolute Gasteiger partial charge is 0.491 e. The molecule has 0 aliphatic rings. The number of halogens is 1. The first-order valence-corrected chi connectivity index (χ1v) is 8.14. The highest BCUT2D eigenvalue weighted by atomic mass is 35.5. The summed E-state index contributed by atoms with van der Waals surface area (Å²) in [5.41, 5.74) is 0.610. The number of amides is 1. The van der Waals surface area contributed by atoms with Gasteiger partial charge in [-0.15, -0.1) is 12.4 Å². The number of nitrogens with zero attached hydrogens (tertiary/aromatic N) is 1. The summed E-state index contributed by atoms with van der Waals surface area (Å²) in [7, 11) is 3.93. The van der Waals surface area contributed by atoms with Crippen LogP contribution in [0.25, 0.3) is 0 Å². The van der Waals surface area contributed by atoms with Crippen LogP contribution in [-0.2, 0) is 0 Å². The van der Waals surface area contributed by atoms with E-state index in [9.17, 15) is 4.79 Å². The summed E-state index contributed by atoms with van der Waals surface area (Å²) >= 11 is 0. The normalized spacial score (nSPS) is 12.0. The van der Waals surface area contributed by atoms with E-state index in [2.05, 4.69) is 5.32 Å². The highest BCUT2D eigenvalue weighted by molar-refractivity contribution is 5.94. The SMILES string of the molecule is Cc1ccc(C(CNC(=O)c2ccc(OC(C)C)cc2)N(C)C)o1.Cl. The highest BCUT2D eigenvalue weighted by Crippen LogP contribution is 2.20. The molecule has 2 aromatic rings. The van der Waals surface area contributed by atoms with Crippen LogP contribution < -0.4 is 10.1 Å². The van der Waals surface area contributed by atoms with Crippen molar-refractivity contribution in [1.29, 1.82) is 0 Å². The predicted molar refractivity (Wildman–Crippen MR) is 102 cm³/mol. The Labute approximate surface area is 155 Å². The Bertz CT molecular complexity index is 666. The van der Waals surface area contributed by atoms with E-state index in [0.717, 1.165) is 17.3 Å². The summed E-state index contributed by atoms with van der Waals surface area (Å²) in [5.74, 6) is 2.36. The fraction of sp³-hybridized carbons (Fsp3) is 0.421. The molecule has 1 aromatic carbocycles. The van der Waals surface area contributed by atoms with Crippen molar-refractivity contribution in [2.75, 3.05) is 20.6 Å². The monoisotopic (exact) mass is 366 g/mol. The Morgan fingerprint density at radius 1 is 1.16 bits per heavy atom. The van der Waals surface area contributed by atoms with Gasteiger partial charge in [-0.3, -0.25) is 9.69 Å². The van der Waals surface area contributed by atoms with Crippen LogP contribution in [0.4, 0.5) is 0 Å². The van der Waals surface area contributed by atoms with Crippen molar-refractivity contribution in [3.63, 3.8) is 0 Å². The topological polar surface area (TPSA) is 54.7 Å². The van der Waals surface area contributed by atoms with Crippen LogP contribution in [-0.4, -0.2) is 37.6 Å². The molecule has 138 valence electrons. The first kappa shape index (κ1) is 21.1. The molecule has 1 heterocycles. The molecule has 0 aliphatic carbocycles. The van der Waals surface area contributed by atoms with E-state index in [1.165, 1.54) is 0 Å². The fourth-order valence-electron chi connectivity index (χ4n) is 2.42. The molecule has 2 rings (SSSR count). The second-order valence-electron chi connectivity index (χ2n) is 6.33. The smallest absolute Gasteiger partial charge is 0.251 e. The third-order valence-corrected chi connectivity index (χ3v) is 3.66. The van der Waals surface area contributed by atoms with Gasteiger partial charge in [0, 0.05) is 12.1 Å². The molecule has 5 nitrogen and oxygen atoms in total. The number of hydrogen-bond donors (Lipinski definition) is 1. The zero-order chi connectivity index (χ0) is 17.7. The number of likely N-dealkylation sites (N-methyl/N-ethyl adjacent to an activating group) is 1. The lowest BCUT2D eigenvalue weighted by Crippen LogP contribution is -2.34. The van der Waals surface area contributed by atoms with Crippen LogP contribution in [0.15, 0.2) is 40.8 Å². The van der Waals surface area contributed by atoms with Gasteiger partial charge in [0.1, 0.15) is 17.3 Å². The van der Waals surface area contributed by atoms with E-state index in [-0.39, 0.29) is 30.5 Å². The first-order chi connectivity index (χ1) is 11.4. The number of rotatable bonds is 7. The van der Waals surface area contributed by atoms with E-state index in [1.54, 1.807) is 12.1 Å². The van der Waals surface area contributed by atoms with Gasteiger partial charge in [0.05, 0.1) is 12.1 Å². The maximum atomic E-state index is 12.3. The molecular weight excluding hydrogens is 340 g/mol. The molecule has 0 aliphatic heterocycles. The Hall–Kier alpha value is -1.98. The molecule has 1 unspecified atom stereocenters. The standard InChI is InChI=1S/C19H26N2O3.ClH/c1-13(2)23-16-9-7-15(8-10-16)19(22)20-12-17(21(4)5)18-11-6-14(3)24-18;/h6-11,13,17H,12H2,1-5H3,(H,20,22);1H. The van der Waals surface area contributed by atoms with E-state index >= 15 is 0 Å². The number of benzene rings is 1. The molecule has 0 fully saturated rings. The second kappa shape index (κ2) is 9.49. The molecule has 1 aromatic heterocycles. The zero-order valence-electron chi connectivity index (χ0n) is 15.4. The minimum Gasteiger partial charge on any atom is -0.491 e. The number of furan rings is 1. The van der Waals surface area contributed by atoms with Crippen LogP contribution in [0, 0.1) is 6.92 Å². The van der Waals surface area contributed by atoms with Gasteiger partial charge in [0.15, 0.2) is 0 Å². The molecular formula is C19H27ClN2O3. The number of hydrogen-bond acceptors (Lipinski definition) is 4. The lowest BCUT2D eigenvalue weighted by atomic mass is 10.1. The third kappa shape index (κ3) is 6.11. The maximum absolute atomic E-state index is 12.3. The minimum atomic E-state index is -0.110. The molecule has 0 saturated carbocycles. The molecule has 0 spiro atoms. The number of nitrogens with one attached hydrogen (secondary N) is 1. The van der Waals surface area contributed by atoms with Crippen LogP contribution in [0.1, 0.15) is 41.8 Å². The van der Waals surface area contributed by atoms with Gasteiger partial charge >= 0.3 is 0 Å². The first-order valence-electron chi connectivity index (χ1n) is 8.14. The van der Waals surface area contributed by atoms with Crippen molar-refractivity contribution in [2.45, 2.75) is 32.9 Å². The Balaban J connectivity index is 0.00000312. The van der Waals surface area contributed by atoms with Crippen molar-refractivity contribution >= 4 is 18.3 Å². The quantitative estimate of drug-likeness (QED) is 0.809. The summed E-state index contributed by atoms with van der Waals surface area (Å²) in [6, 6.07) is 11.0. The van der Waals surface area contributed by atoms with Gasteiger partial charge in [0.2, 0.25) is 0 Å². The van der Waals surface area contributed by atoms with E-state index < -0.39 is 0 Å². The molecule has 25 heavy (non-hydrogen) atoms. The van der Waals surface area contributed by atoms with Crippen LogP contribution >= 0.6 is 12.4 Å². The van der Waals surface area contributed by atoms with Crippen molar-refractivity contribution < 1.29 is 13.9 Å². The predicted octanol–water partition coefficient (Wildman–Crippen LogP) is 3.83. The van der Waals surface area contributed by atoms with Gasteiger partial charge in [-0.1, -0.05) is 0 Å². The van der Waals surface area contributed by atoms with E-state index in [4.69, 9.17) is 9.15 Å². The molecule has 1 N–H and O–H groups in total. The summed E-state index contributed by atoms with van der Waals surface area (Å²) in [4.78, 5) is 14.4. The fourth-order valence-corrected chi connectivity index (χ4v) is 2.42. The van der Waals surface area contributed by atoms with Gasteiger partial charge in [-0.2, -0.15) is 0 Å². The minimum absolute atomic E-state index is 0. The Kier molecular flexibility index (Phi) is 8.00. The molecule has 1 amide bonds. The van der Waals surface area contributed by atoms with Gasteiger partial charge < -0.3 is 14.5 Å². The average molecular weight is 367 g/mol. The van der Waals surface area contributed by atoms with Gasteiger partial charge in [-0.25, -0.2) is 0 Å². The van der Waals surface area contributed by atoms with Crippen molar-refractivity contribution in [1.82, 2.24) is 10.2 Å². The highest BCUT2D eigenvalue weighted by Gasteiger charge is 2.19. The van der Waals surface area contributed by atoms with Crippen molar-refractivity contribution in [3.8, 4) is 5.75 Å². The number of ether oxygens (including phenoxy) is 1. The summed E-state index contributed by atoms with van der Waals surface area (Å²) in [6.45, 7) is 6.33. The van der Waals surface area contributed by atoms with Crippen molar-refractivity contribution in [3.05, 3.63) is 53.5 Å². The van der Waals surface area contributed by atoms with Crippen molar-refractivity contribution in [2.24, 2.45) is 0 Å². The number of aryl methyl sites for hydroxylation is 1. The Morgan fingerprint density at radius 2 is 1.80 bits per heavy atom. The summed E-state index contributed by atoms with van der Waals surface area (Å²) in [5, 5.41) is 2.97. The van der Waals surface area contributed by atoms with E-state index in [1.807, 2.05) is 64.0 Å². The van der Waals surface area contributed by atoms with Crippen LogP contribution in [0.5, 0.6) is 5.75 Å². The second-order valence-corrected chi connectivity index (χ2v) is 6.33. The third-order valence-electron chi connectivity index (χ3n) is 3.66. The maximum Gasteiger partial charge on any atom is 0.251 e. The Morgan fingerprint density at radius 3 is 2.28 bits per heavy atom. The van der Waals surface area contributed by atoms with Crippen LogP contribution in [0.3, 0.4) is 0 Å². The zero-order valence-corrected chi connectivity index (χ0v) is 16.2. The van der Waals surface area contributed by atoms with Gasteiger partial charge in [0.25, 0.3) is 5.91 Å². The van der Waals surface area contributed by atoms with Gasteiger partial charge in [-0.05, 0) is 71.3 Å². The molecule has 1 atom stereocenters. The number of carbonyl (C=O) groups excluding carboxylic acids is 1. The number of carbonyl (C=O) groups is 1. The van der Waals surface area contributed by atoms with E-state index in [0.29, 0.717) is 12.1 Å². The summed E-state index contributed by atoms with van der Waals surface area (Å²) < 4.78 is 11.3. The summed E-state index contributed by atoms with van der Waals surface area (Å²) in [6.07, 6.45) is 0.113.